The summed E-state index contributed by atoms with van der Waals surface area (Å²) in [5, 5.41) is 10.2. The minimum absolute atomic E-state index is 0.449. The molecule has 0 saturated carbocycles. The van der Waals surface area contributed by atoms with Crippen LogP contribution >= 0.6 is 11.3 Å². The van der Waals surface area contributed by atoms with Crippen LogP contribution in [0.25, 0.3) is 63.6 Å². The predicted octanol–water partition coefficient (Wildman–Crippen LogP) is 15.3. The van der Waals surface area contributed by atoms with Gasteiger partial charge < -0.3 is 4.90 Å². The van der Waals surface area contributed by atoms with Crippen molar-refractivity contribution in [1.29, 1.82) is 0 Å². The van der Waals surface area contributed by atoms with Crippen molar-refractivity contribution in [3.63, 3.8) is 0 Å². The Bertz CT molecular complexity index is 3280. The maximum Gasteiger partial charge on any atom is 0.0713 e. The van der Waals surface area contributed by atoms with Gasteiger partial charge in [0.2, 0.25) is 0 Å². The molecule has 10 aromatic carbocycles. The first kappa shape index (κ1) is 32.3. The summed E-state index contributed by atoms with van der Waals surface area (Å²) in [4.78, 5) is 2.45. The van der Waals surface area contributed by atoms with Crippen LogP contribution in [0.1, 0.15) is 22.3 Å². The molecular formula is C55H35NS. The van der Waals surface area contributed by atoms with Crippen LogP contribution < -0.4 is 4.90 Å². The summed E-state index contributed by atoms with van der Waals surface area (Å²) >= 11 is 1.86. The van der Waals surface area contributed by atoms with Gasteiger partial charge in [0.1, 0.15) is 0 Å². The van der Waals surface area contributed by atoms with Crippen LogP contribution in [-0.4, -0.2) is 0 Å². The molecule has 12 rings (SSSR count). The van der Waals surface area contributed by atoms with Gasteiger partial charge in [-0.2, -0.15) is 0 Å². The summed E-state index contributed by atoms with van der Waals surface area (Å²) in [5.74, 6) is 0. The van der Waals surface area contributed by atoms with Crippen molar-refractivity contribution >= 4 is 80.9 Å². The first-order valence-corrected chi connectivity index (χ1v) is 20.5. The summed E-state index contributed by atoms with van der Waals surface area (Å²) in [7, 11) is 0. The second-order valence-electron chi connectivity index (χ2n) is 15.2. The molecule has 0 atom stereocenters. The Hall–Kier alpha value is -7.00. The highest BCUT2D eigenvalue weighted by atomic mass is 32.1. The van der Waals surface area contributed by atoms with Crippen LogP contribution in [0.5, 0.6) is 0 Å². The van der Waals surface area contributed by atoms with Crippen LogP contribution in [-0.2, 0) is 5.41 Å². The third-order valence-electron chi connectivity index (χ3n) is 12.3. The first-order chi connectivity index (χ1) is 28.3. The molecule has 57 heavy (non-hydrogen) atoms. The second-order valence-corrected chi connectivity index (χ2v) is 16.3. The zero-order valence-electron chi connectivity index (χ0n) is 31.1. The van der Waals surface area contributed by atoms with Crippen LogP contribution in [0.3, 0.4) is 0 Å². The lowest BCUT2D eigenvalue weighted by Gasteiger charge is -2.34. The Morgan fingerprint density at radius 2 is 0.737 bits per heavy atom. The summed E-state index contributed by atoms with van der Waals surface area (Å²) in [6.45, 7) is 0. The van der Waals surface area contributed by atoms with Gasteiger partial charge in [0.25, 0.3) is 0 Å². The van der Waals surface area contributed by atoms with E-state index >= 15 is 0 Å². The third-order valence-corrected chi connectivity index (χ3v) is 13.5. The fraction of sp³-hybridized carbons (Fsp3) is 0.0182. The minimum Gasteiger partial charge on any atom is -0.310 e. The molecule has 1 aliphatic rings. The van der Waals surface area contributed by atoms with Gasteiger partial charge in [-0.1, -0.05) is 164 Å². The van der Waals surface area contributed by atoms with Crippen LogP contribution in [0, 0.1) is 0 Å². The molecule has 0 amide bonds. The van der Waals surface area contributed by atoms with E-state index in [2.05, 4.69) is 217 Å². The number of rotatable bonds is 5. The molecule has 0 N–H and O–H groups in total. The Morgan fingerprint density at radius 1 is 0.298 bits per heavy atom. The molecule has 0 fully saturated rings. The molecule has 2 heteroatoms. The Balaban J connectivity index is 1.10. The second kappa shape index (κ2) is 12.5. The van der Waals surface area contributed by atoms with Crippen molar-refractivity contribution in [2.24, 2.45) is 0 Å². The number of anilines is 3. The van der Waals surface area contributed by atoms with E-state index in [4.69, 9.17) is 0 Å². The smallest absolute Gasteiger partial charge is 0.0713 e. The maximum absolute atomic E-state index is 2.45. The Morgan fingerprint density at radius 3 is 1.39 bits per heavy atom. The van der Waals surface area contributed by atoms with Gasteiger partial charge in [-0.15, -0.1) is 11.3 Å². The van der Waals surface area contributed by atoms with Gasteiger partial charge in [-0.3, -0.25) is 0 Å². The highest BCUT2D eigenvalue weighted by molar-refractivity contribution is 7.25. The SMILES string of the molecule is c1ccc(C2(c3ccc(N(c4ccc5sc6ccccc6c5c4)c4ccc5c6ccccc6c6ccccc6c5c4)cc3)c3ccccc3-c3ccccc32)cc1. The van der Waals surface area contributed by atoms with E-state index in [0.717, 1.165) is 17.1 Å². The van der Waals surface area contributed by atoms with Gasteiger partial charge in [0.05, 0.1) is 5.41 Å². The highest BCUT2D eigenvalue weighted by Crippen LogP contribution is 2.56. The molecule has 11 aromatic rings. The average Bonchev–Trinajstić information content (AvgIpc) is 3.81. The number of nitrogens with zero attached hydrogens (tertiary/aromatic N) is 1. The van der Waals surface area contributed by atoms with Crippen molar-refractivity contribution in [2.75, 3.05) is 4.90 Å². The zero-order chi connectivity index (χ0) is 37.5. The zero-order valence-corrected chi connectivity index (χ0v) is 31.9. The lowest BCUT2D eigenvalue weighted by atomic mass is 9.68. The minimum atomic E-state index is -0.449. The van der Waals surface area contributed by atoms with Gasteiger partial charge >= 0.3 is 0 Å². The van der Waals surface area contributed by atoms with Crippen molar-refractivity contribution < 1.29 is 0 Å². The molecule has 0 unspecified atom stereocenters. The van der Waals surface area contributed by atoms with Crippen molar-refractivity contribution in [2.45, 2.75) is 5.41 Å². The number of hydrogen-bond acceptors (Lipinski definition) is 2. The fourth-order valence-electron chi connectivity index (χ4n) is 9.91. The number of benzene rings is 10. The number of fused-ring (bicyclic) bond motifs is 12. The molecule has 0 spiro atoms. The summed E-state index contributed by atoms with van der Waals surface area (Å²) in [6.07, 6.45) is 0. The topological polar surface area (TPSA) is 3.24 Å². The Kier molecular flexibility index (Phi) is 7.08. The monoisotopic (exact) mass is 741 g/mol. The lowest BCUT2D eigenvalue weighted by Crippen LogP contribution is -2.28. The van der Waals surface area contributed by atoms with E-state index in [0.29, 0.717) is 0 Å². The van der Waals surface area contributed by atoms with E-state index in [-0.39, 0.29) is 0 Å². The average molecular weight is 742 g/mol. The molecule has 1 heterocycles. The molecule has 0 aliphatic heterocycles. The standard InChI is InChI=1S/C55H35NS/c1-2-14-36(15-3-1)55(51-23-11-8-20-46(51)47-21-9-12-24-52(47)55)37-26-28-38(29-27-37)56(40-31-33-54-50(35-40)48-22-10-13-25-53(48)57-54)39-30-32-45-43-18-5-4-16-41(43)42-17-6-7-19-44(42)49(45)34-39/h1-35H. The molecule has 0 radical (unpaired) electrons. The maximum atomic E-state index is 2.45. The van der Waals surface area contributed by atoms with Crippen molar-refractivity contribution in [3.8, 4) is 11.1 Å². The summed E-state index contributed by atoms with van der Waals surface area (Å²) in [6, 6.07) is 78.9. The predicted molar refractivity (Wildman–Crippen MR) is 244 cm³/mol. The number of thiophene rings is 1. The van der Waals surface area contributed by atoms with Crippen molar-refractivity contribution in [3.05, 3.63) is 235 Å². The molecule has 1 aromatic heterocycles. The van der Waals surface area contributed by atoms with Crippen LogP contribution in [0.4, 0.5) is 17.1 Å². The van der Waals surface area contributed by atoms with E-state index in [9.17, 15) is 0 Å². The van der Waals surface area contributed by atoms with Gasteiger partial charge in [0, 0.05) is 37.2 Å². The molecule has 0 saturated heterocycles. The van der Waals surface area contributed by atoms with E-state index in [1.807, 2.05) is 11.3 Å². The quantitative estimate of drug-likeness (QED) is 0.159. The molecular weight excluding hydrogens is 707 g/mol. The molecule has 1 aliphatic carbocycles. The summed E-state index contributed by atoms with van der Waals surface area (Å²) < 4.78 is 2.61. The lowest BCUT2D eigenvalue weighted by molar-refractivity contribution is 0.768. The van der Waals surface area contributed by atoms with E-state index in [1.54, 1.807) is 0 Å². The summed E-state index contributed by atoms with van der Waals surface area (Å²) in [5.41, 5.74) is 10.7. The largest absolute Gasteiger partial charge is 0.310 e. The Labute approximate surface area is 335 Å². The molecule has 266 valence electrons. The third kappa shape index (κ3) is 4.68. The molecule has 0 bridgehead atoms. The van der Waals surface area contributed by atoms with Crippen molar-refractivity contribution in [1.82, 2.24) is 0 Å². The van der Waals surface area contributed by atoms with Gasteiger partial charge in [-0.25, -0.2) is 0 Å². The number of hydrogen-bond donors (Lipinski definition) is 0. The van der Waals surface area contributed by atoms with Crippen LogP contribution in [0.2, 0.25) is 0 Å². The van der Waals surface area contributed by atoms with E-state index in [1.165, 1.54) is 85.9 Å². The first-order valence-electron chi connectivity index (χ1n) is 19.7. The van der Waals surface area contributed by atoms with Crippen LogP contribution in [0.15, 0.2) is 212 Å². The van der Waals surface area contributed by atoms with Gasteiger partial charge in [-0.05, 0) is 114 Å². The van der Waals surface area contributed by atoms with E-state index < -0.39 is 5.41 Å². The van der Waals surface area contributed by atoms with Gasteiger partial charge in [0.15, 0.2) is 0 Å². The normalized spacial score (nSPS) is 13.1. The highest BCUT2D eigenvalue weighted by Gasteiger charge is 2.45. The molecule has 1 nitrogen and oxygen atoms in total. The fourth-order valence-corrected chi connectivity index (χ4v) is 11.0.